The number of carbonyl (C=O) groups excluding carboxylic acids is 3. The number of hydrogen-bond acceptors (Lipinski definition) is 26. The number of methoxy groups -OCH3 is 2. The third kappa shape index (κ3) is 21.2. The van der Waals surface area contributed by atoms with Crippen molar-refractivity contribution in [3.05, 3.63) is 214 Å². The minimum absolute atomic E-state index is 0.00862. The van der Waals surface area contributed by atoms with Crippen molar-refractivity contribution in [3.8, 4) is 54.1 Å². The average Bonchev–Trinajstić information content (AvgIpc) is 1.55. The highest BCUT2D eigenvalue weighted by Gasteiger charge is 2.42. The molecule has 9 aliphatic heterocycles. The Balaban J connectivity index is 0.000000145. The van der Waals surface area contributed by atoms with E-state index >= 15 is 0 Å². The molecule has 7 fully saturated rings. The second-order valence-electron chi connectivity index (χ2n) is 38.4. The smallest absolute Gasteiger partial charge is 0.246 e. The SMILES string of the molecule is C=CC(=O)N1CCN(c2c(C#N)c(OC3CCN(C4CC4)CC3)nc3c2CCN(c2cccc4cccc(C)c24)C3)C[C@@H]1CC#N.C=CC(=O)N1CCN(c2c(C#N)c(OCCN3CCC(OC)CC3)nc3c2CCN(c2cccc4cccc(C)c24)C3)C[C@@H]1CC#N.C=CC(=O)N1CCN(c2c(C#N)c(OCCN3CCC[C@H](OC)C3)nc3c2CCN(c2cccc4cccc(C)c24)C3)C[C@@H]1CC#N. The van der Waals surface area contributed by atoms with Gasteiger partial charge in [-0.15, -0.1) is 0 Å². The Bertz CT molecular complexity index is 6380. The Morgan fingerprint density at radius 1 is 0.393 bits per heavy atom. The molecule has 0 bridgehead atoms. The number of nitrogens with zero attached hydrogens (tertiary/aromatic N) is 21. The van der Waals surface area contributed by atoms with Gasteiger partial charge in [0.2, 0.25) is 35.4 Å². The lowest BCUT2D eigenvalue weighted by molar-refractivity contribution is -0.129. The van der Waals surface area contributed by atoms with Gasteiger partial charge in [0.15, 0.2) is 0 Å². The summed E-state index contributed by atoms with van der Waals surface area (Å²) < 4.78 is 30.6. The summed E-state index contributed by atoms with van der Waals surface area (Å²) in [5.41, 5.74) is 16.9. The first-order chi connectivity index (χ1) is 68.4. The van der Waals surface area contributed by atoms with Crippen LogP contribution in [0.2, 0.25) is 0 Å². The molecule has 10 aliphatic rings. The number of nitriles is 6. The standard InChI is InChI=1S/2C37H43N7O3.C37H41N7O2/c1-4-34(45)44-19-18-43(23-28(44)13-15-38)36-30-14-17-42(33-12-6-10-27-9-5-8-26(2)35(27)33)25-32(30)40-37(31(36)22-39)47-21-20-41-16-7-11-29(24-41)46-3;1-4-34(45)44-20-19-43(24-28(44)11-15-38)36-30-14-18-42(33-10-6-9-27-8-5-7-26(2)35(27)33)25-32(30)40-37(31(36)23-39)47-22-21-41-16-12-29(46-3)13-17-41;1-3-34(45)44-21-20-43(23-28(44)12-16-38)36-30-15-19-42(33-9-5-8-26-7-4-6-25(2)35(26)33)24-32(30)40-37(31(36)22-39)46-29-13-17-41(18-14-29)27-10-11-27/h4-6,8-10,12,28-29H,1,7,11,13-14,16-21,23-25H2,2-3H3;4-10,28-29H,1,11-14,16-22,24-25H2,2-3H3;3-9,27-29H,1,10-15,17-21,23-24H2,2H3/t28-,29-;2*28-/m000/s1. The van der Waals surface area contributed by atoms with Crippen LogP contribution in [0.25, 0.3) is 32.3 Å². The Hall–Kier alpha value is -13.9. The summed E-state index contributed by atoms with van der Waals surface area (Å²) in [6.45, 7) is 33.9. The van der Waals surface area contributed by atoms with E-state index in [2.05, 4.69) is 230 Å². The molecule has 29 nitrogen and oxygen atoms in total. The summed E-state index contributed by atoms with van der Waals surface area (Å²) in [7, 11) is 3.54. The van der Waals surface area contributed by atoms with Crippen molar-refractivity contribution in [2.45, 2.75) is 173 Å². The molecule has 29 heteroatoms. The molecule has 6 saturated heterocycles. The van der Waals surface area contributed by atoms with Gasteiger partial charge in [-0.3, -0.25) is 24.2 Å². The molecule has 0 N–H and O–H groups in total. The molecule has 4 atom stereocenters. The average molecular weight is 1880 g/mol. The van der Waals surface area contributed by atoms with Crippen LogP contribution in [0.4, 0.5) is 34.1 Å². The number of carbonyl (C=O) groups is 3. The fourth-order valence-corrected chi connectivity index (χ4v) is 22.7. The minimum atomic E-state index is -0.314. The number of ether oxygens (including phenoxy) is 5. The minimum Gasteiger partial charge on any atom is -0.475 e. The highest BCUT2D eigenvalue weighted by atomic mass is 16.5. The van der Waals surface area contributed by atoms with Crippen molar-refractivity contribution in [1.82, 2.24) is 44.4 Å². The molecular formula is C111H127N21O8. The maximum Gasteiger partial charge on any atom is 0.246 e. The number of pyridine rings is 3. The van der Waals surface area contributed by atoms with Crippen LogP contribution in [-0.2, 0) is 62.8 Å². The number of hydrogen-bond donors (Lipinski definition) is 0. The van der Waals surface area contributed by atoms with Gasteiger partial charge in [0, 0.05) is 195 Å². The van der Waals surface area contributed by atoms with E-state index in [1.807, 2.05) is 0 Å². The molecule has 0 spiro atoms. The van der Waals surface area contributed by atoms with Crippen molar-refractivity contribution in [1.29, 1.82) is 31.6 Å². The highest BCUT2D eigenvalue weighted by Crippen LogP contribution is 2.46. The van der Waals surface area contributed by atoms with E-state index < -0.39 is 0 Å². The van der Waals surface area contributed by atoms with Crippen LogP contribution in [0, 0.1) is 88.8 Å². The zero-order chi connectivity index (χ0) is 97.6. The van der Waals surface area contributed by atoms with E-state index in [-0.39, 0.29) is 67.3 Å². The maximum absolute atomic E-state index is 12.7. The zero-order valence-electron chi connectivity index (χ0n) is 81.5. The van der Waals surface area contributed by atoms with E-state index in [0.29, 0.717) is 152 Å². The zero-order valence-corrected chi connectivity index (χ0v) is 81.5. The second-order valence-corrected chi connectivity index (χ2v) is 38.4. The molecule has 9 aromatic rings. The molecule has 724 valence electrons. The predicted octanol–water partition coefficient (Wildman–Crippen LogP) is 14.3. The largest absolute Gasteiger partial charge is 0.475 e. The summed E-state index contributed by atoms with van der Waals surface area (Å²) in [4.78, 5) is 79.4. The molecule has 6 aromatic carbocycles. The first-order valence-electron chi connectivity index (χ1n) is 49.8. The summed E-state index contributed by atoms with van der Waals surface area (Å²) in [6, 6.07) is 52.5. The van der Waals surface area contributed by atoms with E-state index in [1.165, 1.54) is 97.1 Å². The van der Waals surface area contributed by atoms with Crippen molar-refractivity contribution in [2.24, 2.45) is 0 Å². The van der Waals surface area contributed by atoms with Gasteiger partial charge in [0.25, 0.3) is 0 Å². The Kier molecular flexibility index (Phi) is 31.4. The number of aryl methyl sites for hydroxylation is 3. The number of benzene rings is 6. The second kappa shape index (κ2) is 44.9. The lowest BCUT2D eigenvalue weighted by Crippen LogP contribution is -2.55. The van der Waals surface area contributed by atoms with E-state index in [0.717, 1.165) is 167 Å². The van der Waals surface area contributed by atoms with Crippen molar-refractivity contribution in [2.75, 3.05) is 188 Å². The van der Waals surface area contributed by atoms with Crippen LogP contribution in [-0.4, -0.2) is 263 Å². The normalized spacial score (nSPS) is 19.8. The monoisotopic (exact) mass is 1880 g/mol. The van der Waals surface area contributed by atoms with Gasteiger partial charge >= 0.3 is 0 Å². The van der Waals surface area contributed by atoms with Gasteiger partial charge < -0.3 is 72.7 Å². The molecule has 1 aliphatic carbocycles. The van der Waals surface area contributed by atoms with Gasteiger partial charge in [0.05, 0.1) is 122 Å². The Morgan fingerprint density at radius 2 is 0.750 bits per heavy atom. The first-order valence-corrected chi connectivity index (χ1v) is 49.8. The summed E-state index contributed by atoms with van der Waals surface area (Å²) in [6.07, 6.45) is 15.8. The van der Waals surface area contributed by atoms with Crippen molar-refractivity contribution in [3.63, 3.8) is 0 Å². The van der Waals surface area contributed by atoms with E-state index in [9.17, 15) is 46.0 Å². The van der Waals surface area contributed by atoms with E-state index in [4.69, 9.17) is 38.6 Å². The Morgan fingerprint density at radius 3 is 1.11 bits per heavy atom. The molecule has 12 heterocycles. The summed E-state index contributed by atoms with van der Waals surface area (Å²) in [5, 5.41) is 68.1. The Labute approximate surface area is 822 Å². The number of amides is 3. The van der Waals surface area contributed by atoms with Crippen LogP contribution < -0.4 is 43.6 Å². The lowest BCUT2D eigenvalue weighted by Gasteiger charge is -2.43. The number of likely N-dealkylation sites (tertiary alicyclic amines) is 3. The van der Waals surface area contributed by atoms with Crippen LogP contribution >= 0.6 is 0 Å². The number of piperazine rings is 3. The predicted molar refractivity (Wildman–Crippen MR) is 544 cm³/mol. The van der Waals surface area contributed by atoms with Crippen LogP contribution in [0.1, 0.15) is 138 Å². The fourth-order valence-electron chi connectivity index (χ4n) is 22.7. The third-order valence-corrected chi connectivity index (χ3v) is 30.0. The number of anilines is 6. The topological polar surface area (TPSA) is 318 Å². The quantitative estimate of drug-likeness (QED) is 0.0480. The van der Waals surface area contributed by atoms with Crippen LogP contribution in [0.15, 0.2) is 147 Å². The van der Waals surface area contributed by atoms with Gasteiger partial charge in [0.1, 0.15) is 54.2 Å². The highest BCUT2D eigenvalue weighted by molar-refractivity contribution is 6.00. The number of piperidine rings is 3. The molecule has 1 saturated carbocycles. The van der Waals surface area contributed by atoms with Crippen molar-refractivity contribution < 1.29 is 38.1 Å². The number of rotatable bonds is 25. The molecular weight excluding hydrogens is 1760 g/mol. The number of fused-ring (bicyclic) bond motifs is 6. The summed E-state index contributed by atoms with van der Waals surface area (Å²) >= 11 is 0. The molecule has 3 aromatic heterocycles. The third-order valence-electron chi connectivity index (χ3n) is 30.0. The van der Waals surface area contributed by atoms with E-state index in [1.54, 1.807) is 28.9 Å². The van der Waals surface area contributed by atoms with Gasteiger partial charge in [-0.2, -0.15) is 31.6 Å². The summed E-state index contributed by atoms with van der Waals surface area (Å²) in [5.74, 6) is 0.588. The van der Waals surface area contributed by atoms with Crippen LogP contribution in [0.3, 0.4) is 0 Å². The number of aromatic nitrogens is 3. The van der Waals surface area contributed by atoms with Gasteiger partial charge in [-0.05, 0) is 167 Å². The van der Waals surface area contributed by atoms with Gasteiger partial charge in [-0.1, -0.05) is 111 Å². The first kappa shape index (κ1) is 97.8. The van der Waals surface area contributed by atoms with Crippen LogP contribution in [0.5, 0.6) is 17.6 Å². The molecule has 140 heavy (non-hydrogen) atoms. The molecule has 3 amide bonds. The lowest BCUT2D eigenvalue weighted by atomic mass is 9.95. The molecule has 0 unspecified atom stereocenters. The fraction of sp³-hybridized carbons (Fsp3) is 0.459. The molecule has 19 rings (SSSR count). The maximum atomic E-state index is 12.7. The van der Waals surface area contributed by atoms with Gasteiger partial charge in [-0.25, -0.2) is 15.0 Å². The van der Waals surface area contributed by atoms with Crippen molar-refractivity contribution >= 4 is 84.2 Å². The molecule has 0 radical (unpaired) electrons.